The maximum Gasteiger partial charge on any atom is 0.182 e. The van der Waals surface area contributed by atoms with Gasteiger partial charge in [-0.2, -0.15) is 5.10 Å². The number of ether oxygens (including phenoxy) is 2. The Balaban J connectivity index is 1.76. The van der Waals surface area contributed by atoms with Gasteiger partial charge in [0.1, 0.15) is 5.82 Å². The smallest absolute Gasteiger partial charge is 0.182 e. The molecule has 0 aromatic heterocycles. The molecule has 2 aromatic carbocycles. The van der Waals surface area contributed by atoms with Gasteiger partial charge in [0.05, 0.1) is 25.6 Å². The Morgan fingerprint density at radius 2 is 1.83 bits per heavy atom. The van der Waals surface area contributed by atoms with Gasteiger partial charge in [-0.15, -0.1) is 0 Å². The lowest BCUT2D eigenvalue weighted by molar-refractivity contribution is 0.355. The quantitative estimate of drug-likeness (QED) is 0.920. The van der Waals surface area contributed by atoms with E-state index in [9.17, 15) is 4.39 Å². The van der Waals surface area contributed by atoms with Gasteiger partial charge in [0.15, 0.2) is 16.7 Å². The van der Waals surface area contributed by atoms with Gasteiger partial charge < -0.3 is 9.47 Å². The number of amidine groups is 1. The monoisotopic (exact) mass is 345 g/mol. The van der Waals surface area contributed by atoms with E-state index in [2.05, 4.69) is 15.5 Å². The Morgan fingerprint density at radius 1 is 1.08 bits per heavy atom. The highest BCUT2D eigenvalue weighted by atomic mass is 32.2. The van der Waals surface area contributed by atoms with Crippen molar-refractivity contribution in [3.63, 3.8) is 0 Å². The number of halogens is 1. The number of hydrazone groups is 1. The minimum absolute atomic E-state index is 0.258. The van der Waals surface area contributed by atoms with Crippen LogP contribution in [-0.4, -0.2) is 30.9 Å². The number of methoxy groups -OCH3 is 2. The summed E-state index contributed by atoms with van der Waals surface area (Å²) in [6.45, 7) is 0. The number of hydrogen-bond acceptors (Lipinski definition) is 5. The molecule has 7 heteroatoms. The first kappa shape index (κ1) is 16.3. The summed E-state index contributed by atoms with van der Waals surface area (Å²) in [5.41, 5.74) is 5.41. The normalized spacial score (nSPS) is 15.6. The van der Waals surface area contributed by atoms with E-state index in [1.165, 1.54) is 23.9 Å². The molecule has 0 unspecified atom stereocenters. The van der Waals surface area contributed by atoms with Crippen molar-refractivity contribution in [3.8, 4) is 11.5 Å². The summed E-state index contributed by atoms with van der Waals surface area (Å²) in [5.74, 6) is 1.68. The van der Waals surface area contributed by atoms with Crippen LogP contribution in [0.2, 0.25) is 0 Å². The Bertz CT molecular complexity index is 791. The molecule has 0 bridgehead atoms. The van der Waals surface area contributed by atoms with Crippen molar-refractivity contribution in [2.45, 2.75) is 0 Å². The average molecular weight is 345 g/mol. The van der Waals surface area contributed by atoms with E-state index in [-0.39, 0.29) is 5.82 Å². The average Bonchev–Trinajstić information content (AvgIpc) is 2.63. The first-order valence-electron chi connectivity index (χ1n) is 7.21. The predicted molar refractivity (Wildman–Crippen MR) is 95.2 cm³/mol. The SMILES string of the molecule is COc1ccc(N=C2NN=C(c3ccc(F)cc3)CS2)cc1OC. The van der Waals surface area contributed by atoms with Crippen molar-refractivity contribution in [1.29, 1.82) is 0 Å². The molecule has 3 rings (SSSR count). The lowest BCUT2D eigenvalue weighted by Crippen LogP contribution is -2.25. The van der Waals surface area contributed by atoms with Gasteiger partial charge in [-0.1, -0.05) is 23.9 Å². The van der Waals surface area contributed by atoms with Crippen LogP contribution in [0, 0.1) is 5.82 Å². The molecule has 0 amide bonds. The Morgan fingerprint density at radius 3 is 2.46 bits per heavy atom. The van der Waals surface area contributed by atoms with E-state index < -0.39 is 0 Å². The third-order valence-corrected chi connectivity index (χ3v) is 4.28. The van der Waals surface area contributed by atoms with Crippen LogP contribution in [0.25, 0.3) is 0 Å². The molecule has 124 valence electrons. The molecular formula is C17H16FN3O2S. The standard InChI is InChI=1S/C17H16FN3O2S/c1-22-15-8-7-13(9-16(15)23-2)19-17-21-20-14(10-24-17)11-3-5-12(18)6-4-11/h3-9H,10H2,1-2H3,(H,19,21). The van der Waals surface area contributed by atoms with Crippen molar-refractivity contribution >= 4 is 28.3 Å². The van der Waals surface area contributed by atoms with Crippen LogP contribution in [0.4, 0.5) is 10.1 Å². The summed E-state index contributed by atoms with van der Waals surface area (Å²) in [5, 5.41) is 5.01. The van der Waals surface area contributed by atoms with Crippen molar-refractivity contribution < 1.29 is 13.9 Å². The molecule has 1 aliphatic heterocycles. The zero-order chi connectivity index (χ0) is 16.9. The molecule has 0 radical (unpaired) electrons. The zero-order valence-electron chi connectivity index (χ0n) is 13.2. The summed E-state index contributed by atoms with van der Waals surface area (Å²) in [7, 11) is 3.18. The highest BCUT2D eigenvalue weighted by Gasteiger charge is 2.13. The van der Waals surface area contributed by atoms with Gasteiger partial charge in [0.25, 0.3) is 0 Å². The van der Waals surface area contributed by atoms with Crippen LogP contribution in [0.3, 0.4) is 0 Å². The van der Waals surface area contributed by atoms with Gasteiger partial charge in [0.2, 0.25) is 0 Å². The van der Waals surface area contributed by atoms with Crippen LogP contribution in [0.15, 0.2) is 52.6 Å². The van der Waals surface area contributed by atoms with Gasteiger partial charge >= 0.3 is 0 Å². The van der Waals surface area contributed by atoms with E-state index in [0.29, 0.717) is 22.4 Å². The topological polar surface area (TPSA) is 55.2 Å². The first-order valence-corrected chi connectivity index (χ1v) is 8.20. The molecule has 1 N–H and O–H groups in total. The number of nitrogens with zero attached hydrogens (tertiary/aromatic N) is 2. The molecule has 0 spiro atoms. The summed E-state index contributed by atoms with van der Waals surface area (Å²) >= 11 is 1.53. The number of aliphatic imine (C=N–C) groups is 1. The fourth-order valence-corrected chi connectivity index (χ4v) is 2.96. The molecule has 24 heavy (non-hydrogen) atoms. The maximum atomic E-state index is 13.0. The van der Waals surface area contributed by atoms with E-state index in [1.807, 2.05) is 6.07 Å². The summed E-state index contributed by atoms with van der Waals surface area (Å²) < 4.78 is 23.5. The van der Waals surface area contributed by atoms with E-state index in [0.717, 1.165) is 17.0 Å². The van der Waals surface area contributed by atoms with Crippen LogP contribution < -0.4 is 14.9 Å². The van der Waals surface area contributed by atoms with Crippen molar-refractivity contribution in [3.05, 3.63) is 53.8 Å². The molecule has 0 saturated carbocycles. The zero-order valence-corrected chi connectivity index (χ0v) is 14.1. The van der Waals surface area contributed by atoms with Gasteiger partial charge in [-0.25, -0.2) is 9.38 Å². The third kappa shape index (κ3) is 3.68. The second-order valence-electron chi connectivity index (χ2n) is 4.92. The molecule has 0 saturated heterocycles. The number of hydrogen-bond donors (Lipinski definition) is 1. The van der Waals surface area contributed by atoms with Gasteiger partial charge in [-0.3, -0.25) is 5.43 Å². The second kappa shape index (κ2) is 7.35. The molecule has 0 atom stereocenters. The highest BCUT2D eigenvalue weighted by Crippen LogP contribution is 2.31. The molecule has 0 aliphatic carbocycles. The Labute approximate surface area is 143 Å². The first-order chi connectivity index (χ1) is 11.7. The highest BCUT2D eigenvalue weighted by molar-refractivity contribution is 8.14. The van der Waals surface area contributed by atoms with Crippen molar-refractivity contribution in [2.75, 3.05) is 20.0 Å². The fourth-order valence-electron chi connectivity index (χ4n) is 2.18. The fraction of sp³-hybridized carbons (Fsp3) is 0.176. The number of thioether (sulfide) groups is 1. The predicted octanol–water partition coefficient (Wildman–Crippen LogP) is 3.57. The van der Waals surface area contributed by atoms with E-state index >= 15 is 0 Å². The molecule has 0 fully saturated rings. The van der Waals surface area contributed by atoms with Crippen molar-refractivity contribution in [2.24, 2.45) is 10.1 Å². The molecular weight excluding hydrogens is 329 g/mol. The van der Waals surface area contributed by atoms with Gasteiger partial charge in [0, 0.05) is 11.8 Å². The Kier molecular flexibility index (Phi) is 5.00. The van der Waals surface area contributed by atoms with Crippen LogP contribution in [0.5, 0.6) is 11.5 Å². The third-order valence-electron chi connectivity index (χ3n) is 3.41. The van der Waals surface area contributed by atoms with Crippen LogP contribution >= 0.6 is 11.8 Å². The molecule has 1 heterocycles. The van der Waals surface area contributed by atoms with Crippen molar-refractivity contribution in [1.82, 2.24) is 5.43 Å². The largest absolute Gasteiger partial charge is 0.493 e. The minimum atomic E-state index is -0.258. The number of benzene rings is 2. The summed E-state index contributed by atoms with van der Waals surface area (Å²) in [4.78, 5) is 4.51. The van der Waals surface area contributed by atoms with Gasteiger partial charge in [-0.05, 0) is 29.8 Å². The van der Waals surface area contributed by atoms with Crippen LogP contribution in [0.1, 0.15) is 5.56 Å². The second-order valence-corrected chi connectivity index (χ2v) is 5.89. The molecule has 5 nitrogen and oxygen atoms in total. The maximum absolute atomic E-state index is 13.0. The van der Waals surface area contributed by atoms with Crippen LogP contribution in [-0.2, 0) is 0 Å². The number of rotatable bonds is 4. The molecule has 2 aromatic rings. The Hall–Kier alpha value is -2.54. The number of nitrogens with one attached hydrogen (secondary N) is 1. The summed E-state index contributed by atoms with van der Waals surface area (Å²) in [6.07, 6.45) is 0. The lowest BCUT2D eigenvalue weighted by atomic mass is 10.1. The van der Waals surface area contributed by atoms with E-state index in [4.69, 9.17) is 9.47 Å². The lowest BCUT2D eigenvalue weighted by Gasteiger charge is -2.15. The summed E-state index contributed by atoms with van der Waals surface area (Å²) in [6, 6.07) is 11.7. The minimum Gasteiger partial charge on any atom is -0.493 e. The van der Waals surface area contributed by atoms with E-state index in [1.54, 1.807) is 38.5 Å². The molecule has 1 aliphatic rings.